The van der Waals surface area contributed by atoms with Gasteiger partial charge in [-0.05, 0) is 44.7 Å². The van der Waals surface area contributed by atoms with Crippen LogP contribution in [0.5, 0.6) is 0 Å². The van der Waals surface area contributed by atoms with Crippen molar-refractivity contribution in [1.29, 1.82) is 0 Å². The lowest BCUT2D eigenvalue weighted by atomic mass is 9.68. The zero-order valence-electron chi connectivity index (χ0n) is 13.7. The first-order chi connectivity index (χ1) is 9.29. The third kappa shape index (κ3) is 3.73. The normalized spacial score (nSPS) is 38.5. The molecule has 1 saturated carbocycles. The molecule has 2 aliphatic rings. The molecule has 2 fully saturated rings. The molecule has 118 valence electrons. The van der Waals surface area contributed by atoms with Crippen molar-refractivity contribution in [3.8, 4) is 0 Å². The van der Waals surface area contributed by atoms with E-state index in [0.717, 1.165) is 26.1 Å². The Morgan fingerprint density at radius 2 is 2.05 bits per heavy atom. The Balaban J connectivity index is 1.97. The van der Waals surface area contributed by atoms with Gasteiger partial charge in [0.15, 0.2) is 0 Å². The topological polar surface area (TPSA) is 52.7 Å². The maximum Gasteiger partial charge on any atom is 0.0682 e. The van der Waals surface area contributed by atoms with Crippen LogP contribution in [-0.2, 0) is 0 Å². The van der Waals surface area contributed by atoms with Gasteiger partial charge in [0.05, 0.1) is 6.10 Å². The van der Waals surface area contributed by atoms with Crippen molar-refractivity contribution >= 4 is 0 Å². The maximum atomic E-state index is 9.99. The molecule has 1 saturated heterocycles. The monoisotopic (exact) mass is 283 g/mol. The Hall–Kier alpha value is -0.160. The molecule has 3 N–H and O–H groups in total. The predicted molar refractivity (Wildman–Crippen MR) is 83.6 cm³/mol. The molecule has 4 nitrogen and oxygen atoms in total. The molecule has 0 amide bonds. The van der Waals surface area contributed by atoms with Crippen LogP contribution in [0.2, 0.25) is 0 Å². The van der Waals surface area contributed by atoms with E-state index in [9.17, 15) is 5.11 Å². The average Bonchev–Trinajstić information content (AvgIpc) is 2.64. The third-order valence-corrected chi connectivity index (χ3v) is 5.36. The Labute approximate surface area is 124 Å². The summed E-state index contributed by atoms with van der Waals surface area (Å²) in [7, 11) is 4.22. The van der Waals surface area contributed by atoms with Gasteiger partial charge in [-0.15, -0.1) is 0 Å². The third-order valence-electron chi connectivity index (χ3n) is 5.36. The Morgan fingerprint density at radius 1 is 1.35 bits per heavy atom. The van der Waals surface area contributed by atoms with Crippen LogP contribution >= 0.6 is 0 Å². The van der Waals surface area contributed by atoms with E-state index in [-0.39, 0.29) is 17.6 Å². The summed E-state index contributed by atoms with van der Waals surface area (Å²) in [6.45, 7) is 7.52. The first-order valence-electron chi connectivity index (χ1n) is 8.12. The highest BCUT2D eigenvalue weighted by molar-refractivity contribution is 4.95. The van der Waals surface area contributed by atoms with Crippen molar-refractivity contribution in [1.82, 2.24) is 9.80 Å². The molecule has 2 rings (SSSR count). The van der Waals surface area contributed by atoms with Crippen molar-refractivity contribution in [2.75, 3.05) is 33.7 Å². The molecular weight excluding hydrogens is 250 g/mol. The van der Waals surface area contributed by atoms with Crippen LogP contribution in [0.4, 0.5) is 0 Å². The molecule has 0 aromatic rings. The summed E-state index contributed by atoms with van der Waals surface area (Å²) in [4.78, 5) is 4.71. The lowest BCUT2D eigenvalue weighted by Crippen LogP contribution is -2.51. The van der Waals surface area contributed by atoms with Gasteiger partial charge in [0.2, 0.25) is 0 Å². The summed E-state index contributed by atoms with van der Waals surface area (Å²) >= 11 is 0. The molecule has 1 heterocycles. The zero-order chi connectivity index (χ0) is 14.9. The van der Waals surface area contributed by atoms with Gasteiger partial charge < -0.3 is 15.7 Å². The fourth-order valence-electron chi connectivity index (χ4n) is 4.10. The number of aliphatic hydroxyl groups is 1. The summed E-state index contributed by atoms with van der Waals surface area (Å²) in [6.07, 6.45) is 4.52. The molecular formula is C16H33N3O. The van der Waals surface area contributed by atoms with Gasteiger partial charge in [-0.25, -0.2) is 0 Å². The molecule has 0 radical (unpaired) electrons. The SMILES string of the molecule is CN(C)CC1CC(O)CN1CC1CCCC(C)(C)C1N. The van der Waals surface area contributed by atoms with Crippen molar-refractivity contribution in [2.24, 2.45) is 17.1 Å². The van der Waals surface area contributed by atoms with Gasteiger partial charge in [0.1, 0.15) is 0 Å². The van der Waals surface area contributed by atoms with Crippen LogP contribution in [0.1, 0.15) is 39.5 Å². The Kier molecular flexibility index (Phi) is 5.11. The first kappa shape index (κ1) is 16.2. The highest BCUT2D eigenvalue weighted by atomic mass is 16.3. The molecule has 4 unspecified atom stereocenters. The minimum Gasteiger partial charge on any atom is -0.392 e. The molecule has 1 aliphatic carbocycles. The van der Waals surface area contributed by atoms with Crippen molar-refractivity contribution in [3.05, 3.63) is 0 Å². The number of hydrogen-bond acceptors (Lipinski definition) is 4. The van der Waals surface area contributed by atoms with Crippen LogP contribution in [0.3, 0.4) is 0 Å². The van der Waals surface area contributed by atoms with Crippen molar-refractivity contribution in [2.45, 2.75) is 57.7 Å². The second-order valence-corrected chi connectivity index (χ2v) is 7.93. The van der Waals surface area contributed by atoms with Gasteiger partial charge in [0, 0.05) is 31.7 Å². The summed E-state index contributed by atoms with van der Waals surface area (Å²) in [5.41, 5.74) is 6.78. The second-order valence-electron chi connectivity index (χ2n) is 7.93. The molecule has 20 heavy (non-hydrogen) atoms. The van der Waals surface area contributed by atoms with Gasteiger partial charge in [-0.2, -0.15) is 0 Å². The average molecular weight is 283 g/mol. The summed E-state index contributed by atoms with van der Waals surface area (Å²) in [6, 6.07) is 0.770. The molecule has 0 bridgehead atoms. The van der Waals surface area contributed by atoms with Crippen molar-refractivity contribution < 1.29 is 5.11 Å². The number of nitrogens with zero attached hydrogens (tertiary/aromatic N) is 2. The van der Waals surface area contributed by atoms with Crippen LogP contribution < -0.4 is 5.73 Å². The van der Waals surface area contributed by atoms with E-state index in [0.29, 0.717) is 12.0 Å². The van der Waals surface area contributed by atoms with Gasteiger partial charge in [0.25, 0.3) is 0 Å². The number of nitrogens with two attached hydrogens (primary N) is 1. The number of likely N-dealkylation sites (N-methyl/N-ethyl adjacent to an activating group) is 1. The smallest absolute Gasteiger partial charge is 0.0682 e. The van der Waals surface area contributed by atoms with E-state index in [2.05, 4.69) is 37.7 Å². The number of likely N-dealkylation sites (tertiary alicyclic amines) is 1. The molecule has 4 atom stereocenters. The summed E-state index contributed by atoms with van der Waals surface area (Å²) < 4.78 is 0. The largest absolute Gasteiger partial charge is 0.392 e. The van der Waals surface area contributed by atoms with Crippen LogP contribution in [0, 0.1) is 11.3 Å². The van der Waals surface area contributed by atoms with Crippen LogP contribution in [0.15, 0.2) is 0 Å². The molecule has 0 spiro atoms. The Morgan fingerprint density at radius 3 is 2.70 bits per heavy atom. The number of hydrogen-bond donors (Lipinski definition) is 2. The van der Waals surface area contributed by atoms with E-state index in [4.69, 9.17) is 5.73 Å². The summed E-state index contributed by atoms with van der Waals surface area (Å²) in [5, 5.41) is 9.99. The van der Waals surface area contributed by atoms with Crippen molar-refractivity contribution in [3.63, 3.8) is 0 Å². The van der Waals surface area contributed by atoms with Gasteiger partial charge >= 0.3 is 0 Å². The van der Waals surface area contributed by atoms with Gasteiger partial charge in [-0.3, -0.25) is 4.90 Å². The Bertz CT molecular complexity index is 319. The lowest BCUT2D eigenvalue weighted by Gasteiger charge is -2.44. The van der Waals surface area contributed by atoms with E-state index in [1.165, 1.54) is 19.3 Å². The molecule has 4 heteroatoms. The van der Waals surface area contributed by atoms with Crippen LogP contribution in [0.25, 0.3) is 0 Å². The molecule has 1 aliphatic heterocycles. The summed E-state index contributed by atoms with van der Waals surface area (Å²) in [5.74, 6) is 0.578. The second kappa shape index (κ2) is 6.30. The first-order valence-corrected chi connectivity index (χ1v) is 8.12. The zero-order valence-corrected chi connectivity index (χ0v) is 13.7. The van der Waals surface area contributed by atoms with E-state index >= 15 is 0 Å². The standard InChI is InChI=1S/C16H33N3O/c1-16(2)7-5-6-12(15(16)17)9-19-11-14(20)8-13(19)10-18(3)4/h12-15,20H,5-11,17H2,1-4H3. The predicted octanol–water partition coefficient (Wildman–Crippen LogP) is 1.14. The fourth-order valence-corrected chi connectivity index (χ4v) is 4.10. The molecule has 0 aromatic heterocycles. The van der Waals surface area contributed by atoms with Crippen LogP contribution in [-0.4, -0.2) is 66.8 Å². The molecule has 0 aromatic carbocycles. The van der Waals surface area contributed by atoms with E-state index in [1.807, 2.05) is 0 Å². The quantitative estimate of drug-likeness (QED) is 0.812. The highest BCUT2D eigenvalue weighted by Crippen LogP contribution is 2.38. The van der Waals surface area contributed by atoms with E-state index < -0.39 is 0 Å². The van der Waals surface area contributed by atoms with E-state index in [1.54, 1.807) is 0 Å². The minimum atomic E-state index is -0.159. The highest BCUT2D eigenvalue weighted by Gasteiger charge is 2.39. The maximum absolute atomic E-state index is 9.99. The van der Waals surface area contributed by atoms with Gasteiger partial charge in [-0.1, -0.05) is 20.3 Å². The minimum absolute atomic E-state index is 0.159. The number of rotatable bonds is 4. The lowest BCUT2D eigenvalue weighted by molar-refractivity contribution is 0.0879. The number of aliphatic hydroxyl groups excluding tert-OH is 1. The fraction of sp³-hybridized carbons (Fsp3) is 1.00. The number of β-amino-alcohol motifs (C(OH)–C–C–N with tert-alkyl or cyclic N) is 1.